The molecule has 0 aliphatic rings. The van der Waals surface area contributed by atoms with Gasteiger partial charge in [0.1, 0.15) is 0 Å². The van der Waals surface area contributed by atoms with Gasteiger partial charge in [0.2, 0.25) is 0 Å². The molecule has 3 aromatic rings. The molecule has 0 fully saturated rings. The predicted molar refractivity (Wildman–Crippen MR) is 70.1 cm³/mol. The van der Waals surface area contributed by atoms with Crippen molar-refractivity contribution < 1.29 is 23.6 Å². The molecular formula is C14H9N2O5+. The minimum Gasteiger partial charge on any atom is -0.476 e. The van der Waals surface area contributed by atoms with E-state index in [1.54, 1.807) is 24.4 Å². The average molecular weight is 285 g/mol. The maximum Gasteiger partial charge on any atom is 0.382 e. The molecule has 2 heterocycles. The highest BCUT2D eigenvalue weighted by Gasteiger charge is 2.30. The number of benzene rings is 1. The van der Waals surface area contributed by atoms with Gasteiger partial charge in [-0.05, 0) is 18.2 Å². The number of aromatic nitrogens is 1. The van der Waals surface area contributed by atoms with Gasteiger partial charge in [-0.1, -0.05) is 0 Å². The Kier molecular flexibility index (Phi) is 2.87. The number of nitro benzene ring substituents is 1. The molecule has 0 radical (unpaired) electrons. The fourth-order valence-corrected chi connectivity index (χ4v) is 2.02. The van der Waals surface area contributed by atoms with E-state index in [2.05, 4.69) is 0 Å². The summed E-state index contributed by atoms with van der Waals surface area (Å²) in [6.07, 6.45) is 1.58. The molecule has 0 atom stereocenters. The van der Waals surface area contributed by atoms with Crippen LogP contribution < -0.4 is 4.40 Å². The van der Waals surface area contributed by atoms with Crippen molar-refractivity contribution in [3.8, 4) is 5.95 Å². The van der Waals surface area contributed by atoms with Gasteiger partial charge in [-0.25, -0.2) is 0 Å². The number of carbonyl (C=O) groups excluding carboxylic acids is 1. The number of ketones is 1. The molecule has 0 spiro atoms. The highest BCUT2D eigenvalue weighted by atomic mass is 16.6. The molecule has 0 unspecified atom stereocenters. The molecule has 0 aliphatic carbocycles. The average Bonchev–Trinajstić information content (AvgIpc) is 2.82. The number of hydrogen-bond acceptors (Lipinski definition) is 5. The summed E-state index contributed by atoms with van der Waals surface area (Å²) in [5, 5.41) is 20.4. The third kappa shape index (κ3) is 2.10. The van der Waals surface area contributed by atoms with Gasteiger partial charge in [-0.2, -0.15) is 0 Å². The Morgan fingerprint density at radius 2 is 1.90 bits per heavy atom. The zero-order valence-corrected chi connectivity index (χ0v) is 10.6. The molecule has 0 saturated heterocycles. The number of pyridine rings is 1. The monoisotopic (exact) mass is 285 g/mol. The number of aromatic hydroxyl groups is 1. The number of fused-ring (bicyclic) bond motifs is 1. The molecule has 1 aromatic carbocycles. The lowest BCUT2D eigenvalue weighted by molar-refractivity contribution is -0.516. The zero-order valence-electron chi connectivity index (χ0n) is 10.6. The first-order valence-electron chi connectivity index (χ1n) is 5.99. The molecule has 3 rings (SSSR count). The first-order valence-corrected chi connectivity index (χ1v) is 5.99. The van der Waals surface area contributed by atoms with Crippen molar-refractivity contribution in [1.29, 1.82) is 0 Å². The fourth-order valence-electron chi connectivity index (χ4n) is 2.02. The molecule has 21 heavy (non-hydrogen) atoms. The largest absolute Gasteiger partial charge is 0.476 e. The molecule has 0 amide bonds. The molecule has 0 saturated carbocycles. The number of nitrogens with zero attached hydrogens (tertiary/aromatic N) is 2. The fraction of sp³-hybridized carbons (Fsp3) is 0. The van der Waals surface area contributed by atoms with Gasteiger partial charge in [0.25, 0.3) is 11.5 Å². The molecule has 0 aliphatic heterocycles. The first kappa shape index (κ1) is 12.8. The van der Waals surface area contributed by atoms with Crippen LogP contribution in [0.5, 0.6) is 5.95 Å². The third-order valence-electron chi connectivity index (χ3n) is 3.02. The van der Waals surface area contributed by atoms with Crippen LogP contribution in [0.15, 0.2) is 53.1 Å². The first-order chi connectivity index (χ1) is 10.1. The van der Waals surface area contributed by atoms with E-state index in [-0.39, 0.29) is 16.9 Å². The quantitative estimate of drug-likeness (QED) is 0.343. The summed E-state index contributed by atoms with van der Waals surface area (Å²) in [5.41, 5.74) is 0.398. The van der Waals surface area contributed by atoms with E-state index < -0.39 is 16.7 Å². The van der Waals surface area contributed by atoms with Gasteiger partial charge < -0.3 is 9.52 Å². The Hall–Kier alpha value is -3.22. The second-order valence-electron chi connectivity index (χ2n) is 4.30. The van der Waals surface area contributed by atoms with Crippen molar-refractivity contribution in [3.05, 3.63) is 70.0 Å². The van der Waals surface area contributed by atoms with Crippen molar-refractivity contribution in [2.75, 3.05) is 0 Å². The number of carbonyl (C=O) groups is 1. The second-order valence-corrected chi connectivity index (χ2v) is 4.30. The Morgan fingerprint density at radius 1 is 1.19 bits per heavy atom. The molecule has 7 nitrogen and oxygen atoms in total. The molecule has 2 aromatic heterocycles. The normalized spacial score (nSPS) is 10.7. The molecule has 1 N–H and O–H groups in total. The van der Waals surface area contributed by atoms with E-state index >= 15 is 0 Å². The SMILES string of the molecule is O=C(c1ccc([N+](=O)[O-])cc1)c1c(O)oc2cccc[n+]12. The number of nitro groups is 1. The van der Waals surface area contributed by atoms with Crippen molar-refractivity contribution in [2.24, 2.45) is 0 Å². The second kappa shape index (κ2) is 4.71. The summed E-state index contributed by atoms with van der Waals surface area (Å²) in [5.74, 6) is -0.984. The van der Waals surface area contributed by atoms with Gasteiger partial charge in [0.15, 0.2) is 6.20 Å². The van der Waals surface area contributed by atoms with E-state index in [0.29, 0.717) is 5.71 Å². The van der Waals surface area contributed by atoms with E-state index in [9.17, 15) is 20.0 Å². The lowest BCUT2D eigenvalue weighted by Crippen LogP contribution is -2.27. The van der Waals surface area contributed by atoms with Crippen LogP contribution in [0.25, 0.3) is 5.71 Å². The van der Waals surface area contributed by atoms with Crippen molar-refractivity contribution in [2.45, 2.75) is 0 Å². The van der Waals surface area contributed by atoms with Crippen LogP contribution in [-0.2, 0) is 0 Å². The summed E-state index contributed by atoms with van der Waals surface area (Å²) in [6, 6.07) is 10.1. The summed E-state index contributed by atoms with van der Waals surface area (Å²) >= 11 is 0. The lowest BCUT2D eigenvalue weighted by Gasteiger charge is -1.95. The number of oxazole rings is 1. The van der Waals surface area contributed by atoms with Gasteiger partial charge in [0.05, 0.1) is 11.0 Å². The maximum atomic E-state index is 12.4. The van der Waals surface area contributed by atoms with Gasteiger partial charge in [-0.3, -0.25) is 14.9 Å². The minimum absolute atomic E-state index is 0.0283. The lowest BCUT2D eigenvalue weighted by atomic mass is 10.1. The Bertz CT molecular complexity index is 851. The smallest absolute Gasteiger partial charge is 0.382 e. The van der Waals surface area contributed by atoms with Crippen LogP contribution in [-0.4, -0.2) is 15.8 Å². The Morgan fingerprint density at radius 3 is 2.57 bits per heavy atom. The molecule has 0 bridgehead atoms. The van der Waals surface area contributed by atoms with Crippen LogP contribution >= 0.6 is 0 Å². The summed E-state index contributed by atoms with van der Waals surface area (Å²) in [6.45, 7) is 0. The van der Waals surface area contributed by atoms with Gasteiger partial charge in [-0.15, -0.1) is 4.40 Å². The van der Waals surface area contributed by atoms with E-state index in [1.807, 2.05) is 0 Å². The number of non-ortho nitro benzene ring substituents is 1. The minimum atomic E-state index is -0.548. The summed E-state index contributed by atoms with van der Waals surface area (Å²) < 4.78 is 6.51. The van der Waals surface area contributed by atoms with Crippen LogP contribution in [0.4, 0.5) is 5.69 Å². The number of rotatable bonds is 3. The molecule has 104 valence electrons. The zero-order chi connectivity index (χ0) is 15.0. The third-order valence-corrected chi connectivity index (χ3v) is 3.02. The van der Waals surface area contributed by atoms with Gasteiger partial charge in [0, 0.05) is 23.8 Å². The highest BCUT2D eigenvalue weighted by molar-refractivity contribution is 6.08. The molecular weight excluding hydrogens is 276 g/mol. The Labute approximate surface area is 117 Å². The van der Waals surface area contributed by atoms with Gasteiger partial charge >= 0.3 is 17.4 Å². The van der Waals surface area contributed by atoms with E-state index in [0.717, 1.165) is 0 Å². The van der Waals surface area contributed by atoms with Crippen LogP contribution in [0.1, 0.15) is 16.1 Å². The van der Waals surface area contributed by atoms with Crippen molar-refractivity contribution >= 4 is 17.2 Å². The van der Waals surface area contributed by atoms with Crippen molar-refractivity contribution in [1.82, 2.24) is 0 Å². The standard InChI is InChI=1S/C14H8N2O5/c17-13(9-4-6-10(7-5-9)16(19)20)12-14(18)21-11-3-1-2-8-15(11)12/h1-8H/p+1. The van der Waals surface area contributed by atoms with Crippen LogP contribution in [0, 0.1) is 10.1 Å². The molecule has 7 heteroatoms. The van der Waals surface area contributed by atoms with Crippen molar-refractivity contribution in [3.63, 3.8) is 0 Å². The van der Waals surface area contributed by atoms with Crippen LogP contribution in [0.2, 0.25) is 0 Å². The topological polar surface area (TPSA) is 97.7 Å². The van der Waals surface area contributed by atoms with E-state index in [1.165, 1.54) is 28.7 Å². The number of hydrogen-bond donors (Lipinski definition) is 1. The summed E-state index contributed by atoms with van der Waals surface area (Å²) in [4.78, 5) is 22.5. The Balaban J connectivity index is 2.08. The maximum absolute atomic E-state index is 12.4. The highest BCUT2D eigenvalue weighted by Crippen LogP contribution is 2.21. The summed E-state index contributed by atoms with van der Waals surface area (Å²) in [7, 11) is 0. The van der Waals surface area contributed by atoms with Crippen LogP contribution in [0.3, 0.4) is 0 Å². The van der Waals surface area contributed by atoms with E-state index in [4.69, 9.17) is 4.42 Å². The predicted octanol–water partition coefficient (Wildman–Crippen LogP) is 1.86.